The van der Waals surface area contributed by atoms with Crippen LogP contribution < -0.4 is 4.74 Å². The van der Waals surface area contributed by atoms with Gasteiger partial charge in [0.2, 0.25) is 5.60 Å². The summed E-state index contributed by atoms with van der Waals surface area (Å²) in [5.74, 6) is -3.79. The summed E-state index contributed by atoms with van der Waals surface area (Å²) in [6.07, 6.45) is -4.72. The summed E-state index contributed by atoms with van der Waals surface area (Å²) in [6, 6.07) is 14.1. The summed E-state index contributed by atoms with van der Waals surface area (Å²) < 4.78 is 55.3. The molecule has 0 aliphatic carbocycles. The van der Waals surface area contributed by atoms with E-state index in [4.69, 9.17) is 14.2 Å². The number of carboxylic acids is 1. The van der Waals surface area contributed by atoms with Crippen molar-refractivity contribution < 1.29 is 42.1 Å². The van der Waals surface area contributed by atoms with Crippen LogP contribution in [0.15, 0.2) is 48.5 Å². The van der Waals surface area contributed by atoms with E-state index in [-0.39, 0.29) is 0 Å². The number of likely N-dealkylation sites (tertiary alicyclic amines) is 1. The Morgan fingerprint density at radius 2 is 1.83 bits per heavy atom. The standard InChI is InChI=1S/C25H26F3NO6/c1-33-19-7-4-5-17(13-19)14-24(21(30)31,35-22(32)25(26,27)28)16-29-11-9-23(10-12-29)20-8-3-2-6-18(20)15-34-23/h2-8,13H,9-12,14-16H2,1H3,(H,30,31). The van der Waals surface area contributed by atoms with Crippen LogP contribution in [0.3, 0.4) is 0 Å². The number of benzene rings is 2. The molecule has 0 saturated carbocycles. The van der Waals surface area contributed by atoms with Gasteiger partial charge in [0.1, 0.15) is 5.75 Å². The van der Waals surface area contributed by atoms with E-state index < -0.39 is 42.3 Å². The summed E-state index contributed by atoms with van der Waals surface area (Å²) in [6.45, 7) is 0.809. The Hall–Kier alpha value is -3.11. The van der Waals surface area contributed by atoms with Crippen molar-refractivity contribution in [2.75, 3.05) is 26.7 Å². The average Bonchev–Trinajstić information content (AvgIpc) is 3.18. The minimum absolute atomic E-state index is 0.364. The Labute approximate surface area is 200 Å². The maximum absolute atomic E-state index is 13.1. The van der Waals surface area contributed by atoms with Crippen molar-refractivity contribution in [3.63, 3.8) is 0 Å². The molecule has 1 spiro atoms. The van der Waals surface area contributed by atoms with Gasteiger partial charge < -0.3 is 19.3 Å². The highest BCUT2D eigenvalue weighted by atomic mass is 19.4. The van der Waals surface area contributed by atoms with Crippen LogP contribution >= 0.6 is 0 Å². The smallest absolute Gasteiger partial charge is 0.490 e. The van der Waals surface area contributed by atoms with E-state index in [0.717, 1.165) is 11.1 Å². The highest BCUT2D eigenvalue weighted by Crippen LogP contribution is 2.44. The molecule has 2 aromatic carbocycles. The van der Waals surface area contributed by atoms with Gasteiger partial charge in [0.15, 0.2) is 0 Å². The second-order valence-corrected chi connectivity index (χ2v) is 8.93. The Morgan fingerprint density at radius 3 is 2.49 bits per heavy atom. The summed E-state index contributed by atoms with van der Waals surface area (Å²) in [5.41, 5.74) is -0.406. The van der Waals surface area contributed by atoms with Crippen LogP contribution in [-0.4, -0.2) is 60.5 Å². The third-order valence-electron chi connectivity index (χ3n) is 6.69. The molecule has 0 bridgehead atoms. The number of carbonyl (C=O) groups is 2. The number of ether oxygens (including phenoxy) is 3. The molecule has 1 saturated heterocycles. The van der Waals surface area contributed by atoms with Crippen molar-refractivity contribution in [1.82, 2.24) is 4.90 Å². The van der Waals surface area contributed by atoms with Gasteiger partial charge in [-0.3, -0.25) is 4.90 Å². The first-order chi connectivity index (χ1) is 16.6. The molecule has 2 heterocycles. The lowest BCUT2D eigenvalue weighted by molar-refractivity contribution is -0.220. The van der Waals surface area contributed by atoms with E-state index in [2.05, 4.69) is 0 Å². The molecule has 7 nitrogen and oxygen atoms in total. The van der Waals surface area contributed by atoms with Gasteiger partial charge >= 0.3 is 18.1 Å². The zero-order valence-electron chi connectivity index (χ0n) is 19.1. The van der Waals surface area contributed by atoms with Gasteiger partial charge in [-0.05, 0) is 41.7 Å². The maximum atomic E-state index is 13.1. The highest BCUT2D eigenvalue weighted by Gasteiger charge is 2.52. The van der Waals surface area contributed by atoms with Gasteiger partial charge in [-0.1, -0.05) is 36.4 Å². The predicted octanol–water partition coefficient (Wildman–Crippen LogP) is 3.69. The van der Waals surface area contributed by atoms with Gasteiger partial charge in [-0.2, -0.15) is 13.2 Å². The fraction of sp³-hybridized carbons (Fsp3) is 0.440. The number of methoxy groups -OCH3 is 1. The van der Waals surface area contributed by atoms with E-state index in [9.17, 15) is 27.9 Å². The molecule has 35 heavy (non-hydrogen) atoms. The van der Waals surface area contributed by atoms with Crippen molar-refractivity contribution in [1.29, 1.82) is 0 Å². The topological polar surface area (TPSA) is 85.3 Å². The molecule has 0 radical (unpaired) electrons. The third-order valence-corrected chi connectivity index (χ3v) is 6.69. The largest absolute Gasteiger partial charge is 0.497 e. The minimum Gasteiger partial charge on any atom is -0.497 e. The maximum Gasteiger partial charge on any atom is 0.490 e. The van der Waals surface area contributed by atoms with E-state index in [0.29, 0.717) is 43.9 Å². The Kier molecular flexibility index (Phi) is 6.79. The van der Waals surface area contributed by atoms with Crippen LogP contribution in [0.5, 0.6) is 5.75 Å². The molecule has 1 atom stereocenters. The number of fused-ring (bicyclic) bond motifs is 2. The first-order valence-corrected chi connectivity index (χ1v) is 11.2. The number of hydrogen-bond acceptors (Lipinski definition) is 6. The SMILES string of the molecule is COc1cccc(CC(CN2CCC3(CC2)OCc2ccccc23)(OC(=O)C(F)(F)F)C(=O)O)c1. The van der Waals surface area contributed by atoms with E-state index >= 15 is 0 Å². The lowest BCUT2D eigenvalue weighted by Crippen LogP contribution is -2.57. The quantitative estimate of drug-likeness (QED) is 0.589. The molecule has 1 N–H and O–H groups in total. The monoisotopic (exact) mass is 493 g/mol. The van der Waals surface area contributed by atoms with Crippen molar-refractivity contribution in [3.8, 4) is 5.75 Å². The number of nitrogens with zero attached hydrogens (tertiary/aromatic N) is 1. The molecule has 188 valence electrons. The second kappa shape index (κ2) is 9.50. The fourth-order valence-corrected chi connectivity index (χ4v) is 4.89. The molecule has 2 aliphatic heterocycles. The number of aliphatic carboxylic acids is 1. The van der Waals surface area contributed by atoms with E-state index in [1.165, 1.54) is 13.2 Å². The number of alkyl halides is 3. The number of halogens is 3. The van der Waals surface area contributed by atoms with Crippen LogP contribution in [0.2, 0.25) is 0 Å². The fourth-order valence-electron chi connectivity index (χ4n) is 4.89. The van der Waals surface area contributed by atoms with E-state index in [1.54, 1.807) is 23.1 Å². The molecule has 10 heteroatoms. The predicted molar refractivity (Wildman–Crippen MR) is 118 cm³/mol. The Morgan fingerprint density at radius 1 is 1.11 bits per heavy atom. The van der Waals surface area contributed by atoms with Crippen molar-refractivity contribution in [2.24, 2.45) is 0 Å². The molecule has 0 aromatic heterocycles. The molecule has 1 fully saturated rings. The molecule has 2 aliphatic rings. The number of rotatable bonds is 7. The number of piperidine rings is 1. The number of carbonyl (C=O) groups excluding carboxylic acids is 1. The van der Waals surface area contributed by atoms with Crippen LogP contribution in [0.4, 0.5) is 13.2 Å². The average molecular weight is 493 g/mol. The second-order valence-electron chi connectivity index (χ2n) is 8.93. The molecule has 2 aromatic rings. The molecule has 0 amide bonds. The lowest BCUT2D eigenvalue weighted by atomic mass is 9.83. The van der Waals surface area contributed by atoms with Crippen LogP contribution in [-0.2, 0) is 37.7 Å². The minimum atomic E-state index is -5.33. The van der Waals surface area contributed by atoms with Crippen LogP contribution in [0.1, 0.15) is 29.5 Å². The van der Waals surface area contributed by atoms with Crippen molar-refractivity contribution in [3.05, 3.63) is 65.2 Å². The van der Waals surface area contributed by atoms with Gasteiger partial charge in [0.25, 0.3) is 0 Å². The summed E-state index contributed by atoms with van der Waals surface area (Å²) in [7, 11) is 1.42. The first-order valence-electron chi connectivity index (χ1n) is 11.2. The molecular formula is C25H26F3NO6. The van der Waals surface area contributed by atoms with Gasteiger partial charge in [0, 0.05) is 26.1 Å². The zero-order valence-corrected chi connectivity index (χ0v) is 19.1. The number of carboxylic acid groups (broad SMARTS) is 1. The van der Waals surface area contributed by atoms with Crippen molar-refractivity contribution >= 4 is 11.9 Å². The third kappa shape index (κ3) is 5.13. The molecule has 1 unspecified atom stereocenters. The summed E-state index contributed by atoms with van der Waals surface area (Å²) >= 11 is 0. The first kappa shape index (κ1) is 25.0. The highest BCUT2D eigenvalue weighted by molar-refractivity contribution is 5.84. The van der Waals surface area contributed by atoms with Gasteiger partial charge in [-0.25, -0.2) is 9.59 Å². The van der Waals surface area contributed by atoms with Crippen molar-refractivity contribution in [2.45, 2.75) is 43.2 Å². The van der Waals surface area contributed by atoms with Gasteiger partial charge in [-0.15, -0.1) is 0 Å². The van der Waals surface area contributed by atoms with Crippen LogP contribution in [0.25, 0.3) is 0 Å². The summed E-state index contributed by atoms with van der Waals surface area (Å²) in [4.78, 5) is 25.9. The van der Waals surface area contributed by atoms with Crippen LogP contribution in [0, 0.1) is 0 Å². The zero-order chi connectivity index (χ0) is 25.3. The number of hydrogen-bond donors (Lipinski definition) is 1. The number of esters is 1. The van der Waals surface area contributed by atoms with Gasteiger partial charge in [0.05, 0.1) is 19.3 Å². The Balaban J connectivity index is 1.57. The summed E-state index contributed by atoms with van der Waals surface area (Å²) in [5, 5.41) is 10.1. The lowest BCUT2D eigenvalue weighted by Gasteiger charge is -2.42. The van der Waals surface area contributed by atoms with E-state index in [1.807, 2.05) is 24.3 Å². The normalized spacial score (nSPS) is 19.1. The molecule has 4 rings (SSSR count). The Bertz CT molecular complexity index is 1100. The molecular weight excluding hydrogens is 467 g/mol.